The van der Waals surface area contributed by atoms with E-state index in [4.69, 9.17) is 13.9 Å². The van der Waals surface area contributed by atoms with Crippen molar-refractivity contribution >= 4 is 28.0 Å². The highest BCUT2D eigenvalue weighted by molar-refractivity contribution is 7.90. The highest BCUT2D eigenvalue weighted by Gasteiger charge is 2.18. The molecule has 3 heterocycles. The molecule has 0 amide bonds. The van der Waals surface area contributed by atoms with E-state index in [1.54, 1.807) is 6.26 Å². The van der Waals surface area contributed by atoms with Crippen molar-refractivity contribution in [3.05, 3.63) is 36.7 Å². The van der Waals surface area contributed by atoms with E-state index in [9.17, 15) is 4.55 Å². The molecule has 0 spiro atoms. The van der Waals surface area contributed by atoms with Gasteiger partial charge < -0.3 is 23.8 Å². The fourth-order valence-electron chi connectivity index (χ4n) is 3.11. The maximum atomic E-state index is 11.2. The number of hydrogen-bond acceptors (Lipinski definition) is 7. The SMILES string of the molecule is C[S+]([O-])CCNc1ccc(-c2ccc3ncnc(OC4CCCCO4)c3c2)o1. The summed E-state index contributed by atoms with van der Waals surface area (Å²) in [5.41, 5.74) is 1.71. The highest BCUT2D eigenvalue weighted by Crippen LogP contribution is 2.31. The number of furan rings is 1. The lowest BCUT2D eigenvalue weighted by atomic mass is 10.1. The molecule has 2 atom stereocenters. The molecule has 7 nitrogen and oxygen atoms in total. The normalized spacial score (nSPS) is 18.1. The molecule has 2 unspecified atom stereocenters. The van der Waals surface area contributed by atoms with Crippen molar-refractivity contribution < 1.29 is 18.4 Å². The maximum Gasteiger partial charge on any atom is 0.226 e. The number of aromatic nitrogens is 2. The number of rotatable bonds is 7. The van der Waals surface area contributed by atoms with Gasteiger partial charge in [-0.25, -0.2) is 9.97 Å². The van der Waals surface area contributed by atoms with Gasteiger partial charge in [-0.2, -0.15) is 0 Å². The van der Waals surface area contributed by atoms with E-state index >= 15 is 0 Å². The number of benzene rings is 1. The summed E-state index contributed by atoms with van der Waals surface area (Å²) in [7, 11) is 0. The standard InChI is InChI=1S/C20H23N3O4S/c1-28(24)11-9-21-18-8-7-17(26-18)14-5-6-16-15(12-14)20(23-13-22-16)27-19-4-2-3-10-25-19/h5-8,12-13,19,21H,2-4,9-11H2,1H3. The van der Waals surface area contributed by atoms with E-state index in [-0.39, 0.29) is 6.29 Å². The Balaban J connectivity index is 1.55. The predicted molar refractivity (Wildman–Crippen MR) is 109 cm³/mol. The number of ether oxygens (including phenoxy) is 2. The van der Waals surface area contributed by atoms with E-state index in [0.717, 1.165) is 41.5 Å². The van der Waals surface area contributed by atoms with Crippen LogP contribution in [0.3, 0.4) is 0 Å². The van der Waals surface area contributed by atoms with Gasteiger partial charge in [-0.1, -0.05) is 11.2 Å². The number of fused-ring (bicyclic) bond motifs is 1. The molecule has 28 heavy (non-hydrogen) atoms. The molecule has 2 aromatic heterocycles. The topological polar surface area (TPSA) is 92.5 Å². The number of anilines is 1. The second-order valence-corrected chi connectivity index (χ2v) is 8.25. The van der Waals surface area contributed by atoms with Crippen molar-refractivity contribution in [3.8, 4) is 17.2 Å². The Labute approximate surface area is 166 Å². The summed E-state index contributed by atoms with van der Waals surface area (Å²) in [6.07, 6.45) is 5.95. The summed E-state index contributed by atoms with van der Waals surface area (Å²) in [4.78, 5) is 8.64. The van der Waals surface area contributed by atoms with E-state index < -0.39 is 11.2 Å². The molecule has 0 radical (unpaired) electrons. The molecule has 0 aliphatic carbocycles. The number of nitrogens with zero attached hydrogens (tertiary/aromatic N) is 2. The molecule has 0 bridgehead atoms. The molecule has 1 N–H and O–H groups in total. The van der Waals surface area contributed by atoms with Crippen LogP contribution in [0.15, 0.2) is 41.1 Å². The summed E-state index contributed by atoms with van der Waals surface area (Å²) in [6.45, 7) is 1.31. The van der Waals surface area contributed by atoms with Crippen LogP contribution >= 0.6 is 0 Å². The fraction of sp³-hybridized carbons (Fsp3) is 0.400. The molecule has 1 aromatic carbocycles. The first-order valence-electron chi connectivity index (χ1n) is 9.36. The molecule has 1 aliphatic heterocycles. The number of nitrogens with one attached hydrogen (secondary N) is 1. The van der Waals surface area contributed by atoms with Crippen LogP contribution in [0.25, 0.3) is 22.2 Å². The minimum atomic E-state index is -0.833. The predicted octanol–water partition coefficient (Wildman–Crippen LogP) is 3.59. The van der Waals surface area contributed by atoms with Crippen LogP contribution in [-0.2, 0) is 15.9 Å². The van der Waals surface area contributed by atoms with E-state index in [1.165, 1.54) is 6.33 Å². The van der Waals surface area contributed by atoms with E-state index in [2.05, 4.69) is 15.3 Å². The number of hydrogen-bond donors (Lipinski definition) is 1. The molecule has 1 saturated heterocycles. The molecule has 8 heteroatoms. The minimum Gasteiger partial charge on any atom is -0.617 e. The molecule has 0 saturated carbocycles. The van der Waals surface area contributed by atoms with Gasteiger partial charge >= 0.3 is 0 Å². The van der Waals surface area contributed by atoms with Gasteiger partial charge in [0.15, 0.2) is 5.88 Å². The van der Waals surface area contributed by atoms with Crippen LogP contribution in [0.1, 0.15) is 19.3 Å². The Kier molecular flexibility index (Phi) is 5.99. The van der Waals surface area contributed by atoms with Crippen molar-refractivity contribution in [2.45, 2.75) is 25.6 Å². The van der Waals surface area contributed by atoms with Gasteiger partial charge in [-0.3, -0.25) is 0 Å². The summed E-state index contributed by atoms with van der Waals surface area (Å²) >= 11 is -0.833. The zero-order chi connectivity index (χ0) is 19.3. The van der Waals surface area contributed by atoms with Gasteiger partial charge in [-0.15, -0.1) is 0 Å². The lowest BCUT2D eigenvalue weighted by Gasteiger charge is -2.23. The molecule has 4 rings (SSSR count). The first kappa shape index (κ1) is 19.0. The second-order valence-electron chi connectivity index (χ2n) is 6.69. The van der Waals surface area contributed by atoms with E-state index in [0.29, 0.717) is 30.7 Å². The smallest absolute Gasteiger partial charge is 0.226 e. The highest BCUT2D eigenvalue weighted by atomic mass is 32.2. The second kappa shape index (κ2) is 8.81. The van der Waals surface area contributed by atoms with Crippen LogP contribution in [-0.4, -0.2) is 46.0 Å². The Hall–Kier alpha value is -2.29. The molecular formula is C20H23N3O4S. The van der Waals surface area contributed by atoms with Gasteiger partial charge in [0, 0.05) is 18.1 Å². The zero-order valence-corrected chi connectivity index (χ0v) is 16.5. The van der Waals surface area contributed by atoms with Crippen LogP contribution in [0, 0.1) is 0 Å². The van der Waals surface area contributed by atoms with Gasteiger partial charge in [0.1, 0.15) is 17.8 Å². The lowest BCUT2D eigenvalue weighted by molar-refractivity contribution is -0.107. The average molecular weight is 401 g/mol. The quantitative estimate of drug-likeness (QED) is 0.605. The summed E-state index contributed by atoms with van der Waals surface area (Å²) in [5, 5.41) is 3.96. The Morgan fingerprint density at radius 1 is 1.25 bits per heavy atom. The van der Waals surface area contributed by atoms with Crippen LogP contribution in [0.2, 0.25) is 0 Å². The zero-order valence-electron chi connectivity index (χ0n) is 15.7. The lowest BCUT2D eigenvalue weighted by Crippen LogP contribution is -2.25. The molecule has 1 aliphatic rings. The third kappa shape index (κ3) is 4.57. The largest absolute Gasteiger partial charge is 0.617 e. The van der Waals surface area contributed by atoms with Gasteiger partial charge in [0.25, 0.3) is 0 Å². The molecular weight excluding hydrogens is 378 g/mol. The maximum absolute atomic E-state index is 11.2. The molecule has 1 fully saturated rings. The fourth-order valence-corrected chi connectivity index (χ4v) is 3.50. The summed E-state index contributed by atoms with van der Waals surface area (Å²) in [5.74, 6) is 2.48. The van der Waals surface area contributed by atoms with Crippen LogP contribution in [0.4, 0.5) is 5.88 Å². The first-order chi connectivity index (χ1) is 13.7. The third-order valence-corrected chi connectivity index (χ3v) is 5.34. The monoisotopic (exact) mass is 401 g/mol. The minimum absolute atomic E-state index is 0.265. The van der Waals surface area contributed by atoms with Crippen molar-refractivity contribution in [2.75, 3.05) is 30.5 Å². The third-order valence-electron chi connectivity index (χ3n) is 4.56. The summed E-state index contributed by atoms with van der Waals surface area (Å²) in [6, 6.07) is 9.63. The Morgan fingerprint density at radius 2 is 2.18 bits per heavy atom. The van der Waals surface area contributed by atoms with Crippen molar-refractivity contribution in [1.82, 2.24) is 9.97 Å². The molecule has 148 valence electrons. The van der Waals surface area contributed by atoms with Crippen molar-refractivity contribution in [1.29, 1.82) is 0 Å². The Bertz CT molecular complexity index is 925. The first-order valence-corrected chi connectivity index (χ1v) is 11.1. The van der Waals surface area contributed by atoms with Crippen LogP contribution < -0.4 is 10.1 Å². The van der Waals surface area contributed by atoms with Crippen molar-refractivity contribution in [3.63, 3.8) is 0 Å². The van der Waals surface area contributed by atoms with Crippen LogP contribution in [0.5, 0.6) is 5.88 Å². The molecule has 3 aromatic rings. The van der Waals surface area contributed by atoms with E-state index in [1.807, 2.05) is 30.3 Å². The van der Waals surface area contributed by atoms with Crippen molar-refractivity contribution in [2.24, 2.45) is 0 Å². The summed E-state index contributed by atoms with van der Waals surface area (Å²) < 4.78 is 28.7. The Morgan fingerprint density at radius 3 is 3.00 bits per heavy atom. The van der Waals surface area contributed by atoms with Gasteiger partial charge in [-0.05, 0) is 37.1 Å². The average Bonchev–Trinajstić information content (AvgIpc) is 3.17. The van der Waals surface area contributed by atoms with Gasteiger partial charge in [0.05, 0.1) is 30.3 Å². The van der Waals surface area contributed by atoms with Gasteiger partial charge in [0.2, 0.25) is 12.2 Å².